The Labute approximate surface area is 142 Å². The molecule has 24 heavy (non-hydrogen) atoms. The molecule has 4 unspecified atom stereocenters. The average molecular weight is 324 g/mol. The van der Waals surface area contributed by atoms with Gasteiger partial charge in [0, 0.05) is 23.2 Å². The minimum atomic E-state index is -0.454. The first-order chi connectivity index (χ1) is 11.7. The lowest BCUT2D eigenvalue weighted by Crippen LogP contribution is -2.59. The first-order valence-electron chi connectivity index (χ1n) is 9.08. The highest BCUT2D eigenvalue weighted by Crippen LogP contribution is 2.71. The van der Waals surface area contributed by atoms with Crippen molar-refractivity contribution >= 4 is 10.9 Å². The van der Waals surface area contributed by atoms with Crippen LogP contribution in [0.15, 0.2) is 30.5 Å². The number of piperidine rings is 1. The number of aromatic nitrogens is 1. The molecule has 0 bridgehead atoms. The second-order valence-electron chi connectivity index (χ2n) is 7.59. The molecule has 3 heterocycles. The number of aliphatic hydroxyl groups is 1. The molecular formula is C20H24N2O2. The van der Waals surface area contributed by atoms with E-state index in [0.29, 0.717) is 5.54 Å². The highest BCUT2D eigenvalue weighted by molar-refractivity contribution is 5.84. The van der Waals surface area contributed by atoms with Crippen molar-refractivity contribution in [3.05, 3.63) is 36.0 Å². The third-order valence-corrected chi connectivity index (χ3v) is 6.92. The number of rotatable bonds is 4. The molecular weight excluding hydrogens is 300 g/mol. The van der Waals surface area contributed by atoms with Gasteiger partial charge in [-0.2, -0.15) is 0 Å². The Morgan fingerprint density at radius 3 is 3.04 bits per heavy atom. The number of benzene rings is 1. The van der Waals surface area contributed by atoms with E-state index in [4.69, 9.17) is 4.74 Å². The van der Waals surface area contributed by atoms with Crippen molar-refractivity contribution in [2.45, 2.75) is 43.9 Å². The minimum absolute atomic E-state index is 0.253. The van der Waals surface area contributed by atoms with Crippen molar-refractivity contribution in [3.63, 3.8) is 0 Å². The second-order valence-corrected chi connectivity index (χ2v) is 7.59. The van der Waals surface area contributed by atoms with Crippen molar-refractivity contribution in [1.82, 2.24) is 9.88 Å². The summed E-state index contributed by atoms with van der Waals surface area (Å²) in [5.74, 6) is 2.56. The number of fused-ring (bicyclic) bond motifs is 1. The van der Waals surface area contributed by atoms with Crippen molar-refractivity contribution in [1.29, 1.82) is 0 Å². The van der Waals surface area contributed by atoms with Gasteiger partial charge in [0.25, 0.3) is 0 Å². The van der Waals surface area contributed by atoms with Gasteiger partial charge in [0.05, 0.1) is 18.7 Å². The van der Waals surface area contributed by atoms with Crippen molar-refractivity contribution in [2.75, 3.05) is 13.7 Å². The van der Waals surface area contributed by atoms with Gasteiger partial charge in [0.15, 0.2) is 0 Å². The summed E-state index contributed by atoms with van der Waals surface area (Å²) in [5, 5.41) is 12.1. The third-order valence-electron chi connectivity index (χ3n) is 6.92. The maximum absolute atomic E-state index is 11.1. The van der Waals surface area contributed by atoms with E-state index in [1.54, 1.807) is 13.3 Å². The van der Waals surface area contributed by atoms with Crippen molar-refractivity contribution in [3.8, 4) is 5.75 Å². The summed E-state index contributed by atoms with van der Waals surface area (Å²) in [6.45, 7) is 3.46. The quantitative estimate of drug-likeness (QED) is 0.938. The van der Waals surface area contributed by atoms with Gasteiger partial charge in [-0.1, -0.05) is 13.3 Å². The molecule has 3 aliphatic rings. The molecule has 1 spiro atoms. The molecule has 2 saturated heterocycles. The Morgan fingerprint density at radius 2 is 2.29 bits per heavy atom. The topological polar surface area (TPSA) is 45.6 Å². The Morgan fingerprint density at radius 1 is 1.42 bits per heavy atom. The summed E-state index contributed by atoms with van der Waals surface area (Å²) in [4.78, 5) is 7.04. The second kappa shape index (κ2) is 4.93. The van der Waals surface area contributed by atoms with E-state index in [-0.39, 0.29) is 6.04 Å². The van der Waals surface area contributed by atoms with Crippen LogP contribution in [0.25, 0.3) is 10.9 Å². The van der Waals surface area contributed by atoms with Crippen LogP contribution in [0, 0.1) is 11.8 Å². The minimum Gasteiger partial charge on any atom is -0.497 e. The molecule has 4 nitrogen and oxygen atoms in total. The van der Waals surface area contributed by atoms with Crippen molar-refractivity contribution in [2.24, 2.45) is 11.8 Å². The fourth-order valence-corrected chi connectivity index (χ4v) is 5.84. The fraction of sp³-hybridized carbons (Fsp3) is 0.550. The lowest BCUT2D eigenvalue weighted by molar-refractivity contribution is -0.0689. The zero-order valence-electron chi connectivity index (χ0n) is 14.3. The molecule has 1 saturated carbocycles. The predicted molar refractivity (Wildman–Crippen MR) is 93.0 cm³/mol. The molecule has 2 aromatic rings. The van der Waals surface area contributed by atoms with Crippen LogP contribution in [0.4, 0.5) is 0 Å². The lowest BCUT2D eigenvalue weighted by Gasteiger charge is -2.51. The van der Waals surface area contributed by atoms with Crippen LogP contribution >= 0.6 is 0 Å². The number of ether oxygens (including phenoxy) is 1. The van der Waals surface area contributed by atoms with Crippen LogP contribution in [-0.4, -0.2) is 40.2 Å². The molecule has 0 amide bonds. The van der Waals surface area contributed by atoms with E-state index in [1.165, 1.54) is 12.8 Å². The zero-order chi connectivity index (χ0) is 16.5. The molecule has 3 fully saturated rings. The first-order valence-corrected chi connectivity index (χ1v) is 9.08. The van der Waals surface area contributed by atoms with Crippen LogP contribution in [0.5, 0.6) is 5.75 Å². The summed E-state index contributed by atoms with van der Waals surface area (Å²) in [6.07, 6.45) is 5.09. The molecule has 1 aromatic carbocycles. The molecule has 1 N–H and O–H groups in total. The largest absolute Gasteiger partial charge is 0.497 e. The molecule has 0 radical (unpaired) electrons. The summed E-state index contributed by atoms with van der Waals surface area (Å²) in [6, 6.07) is 8.10. The molecule has 1 aliphatic carbocycles. The zero-order valence-corrected chi connectivity index (χ0v) is 14.3. The molecule has 2 aliphatic heterocycles. The van der Waals surface area contributed by atoms with E-state index in [1.807, 2.05) is 24.3 Å². The standard InChI is InChI=1S/C20H24N2O2/c1-3-15-16-7-9-22-18(11-20(15,16)22)19(23)13-6-8-21-17-5-4-12(24-2)10-14(13)17/h4-6,8,10,15-16,18-19,23H,3,7,9,11H2,1-2H3/t15-,16?,18?,19?,20?/m1/s1. The van der Waals surface area contributed by atoms with Gasteiger partial charge in [-0.25, -0.2) is 0 Å². The predicted octanol–water partition coefficient (Wildman–Crippen LogP) is 3.15. The molecule has 1 aromatic heterocycles. The smallest absolute Gasteiger partial charge is 0.119 e. The summed E-state index contributed by atoms with van der Waals surface area (Å²) in [5.41, 5.74) is 2.34. The van der Waals surface area contributed by atoms with Gasteiger partial charge >= 0.3 is 0 Å². The highest BCUT2D eigenvalue weighted by atomic mass is 16.5. The molecule has 5 atom stereocenters. The van der Waals surface area contributed by atoms with Crippen molar-refractivity contribution < 1.29 is 9.84 Å². The molecule has 126 valence electrons. The normalized spacial score (nSPS) is 35.2. The van der Waals surface area contributed by atoms with Crippen LogP contribution in [0.1, 0.15) is 37.9 Å². The van der Waals surface area contributed by atoms with Crippen LogP contribution in [0.2, 0.25) is 0 Å². The molecule has 5 rings (SSSR count). The van der Waals surface area contributed by atoms with Gasteiger partial charge in [-0.3, -0.25) is 9.88 Å². The number of aliphatic hydroxyl groups excluding tert-OH is 1. The Balaban J connectivity index is 1.48. The van der Waals surface area contributed by atoms with E-state index in [2.05, 4.69) is 16.8 Å². The SMILES string of the molecule is CC[C@@H]1C2CCN3C(C(O)c4ccnc5ccc(OC)cc45)CC213. The third kappa shape index (κ3) is 1.68. The van der Waals surface area contributed by atoms with E-state index in [9.17, 15) is 5.11 Å². The van der Waals surface area contributed by atoms with E-state index >= 15 is 0 Å². The highest BCUT2D eigenvalue weighted by Gasteiger charge is 2.76. The number of nitrogens with zero attached hydrogens (tertiary/aromatic N) is 2. The fourth-order valence-electron chi connectivity index (χ4n) is 5.84. The monoisotopic (exact) mass is 324 g/mol. The van der Waals surface area contributed by atoms with Crippen LogP contribution in [-0.2, 0) is 0 Å². The van der Waals surface area contributed by atoms with Gasteiger partial charge < -0.3 is 9.84 Å². The maximum Gasteiger partial charge on any atom is 0.119 e. The maximum atomic E-state index is 11.1. The summed E-state index contributed by atoms with van der Waals surface area (Å²) >= 11 is 0. The van der Waals surface area contributed by atoms with Gasteiger partial charge in [0.2, 0.25) is 0 Å². The Hall–Kier alpha value is -1.65. The number of pyridine rings is 1. The van der Waals surface area contributed by atoms with E-state index in [0.717, 1.165) is 47.0 Å². The Bertz CT molecular complexity index is 801. The number of hydrogen-bond donors (Lipinski definition) is 1. The van der Waals surface area contributed by atoms with E-state index < -0.39 is 6.10 Å². The Kier molecular flexibility index (Phi) is 3.01. The number of hydrogen-bond acceptors (Lipinski definition) is 4. The van der Waals surface area contributed by atoms with Gasteiger partial charge in [-0.05, 0) is 61.1 Å². The first kappa shape index (κ1) is 14.7. The van der Waals surface area contributed by atoms with Gasteiger partial charge in [0.1, 0.15) is 5.75 Å². The van der Waals surface area contributed by atoms with Gasteiger partial charge in [-0.15, -0.1) is 0 Å². The van der Waals surface area contributed by atoms with Crippen LogP contribution in [0.3, 0.4) is 0 Å². The summed E-state index contributed by atoms with van der Waals surface area (Å²) < 4.78 is 5.36. The summed E-state index contributed by atoms with van der Waals surface area (Å²) in [7, 11) is 1.67. The molecule has 4 heteroatoms. The average Bonchev–Trinajstić information content (AvgIpc) is 3.18. The van der Waals surface area contributed by atoms with Crippen LogP contribution < -0.4 is 4.74 Å². The number of methoxy groups -OCH3 is 1. The lowest BCUT2D eigenvalue weighted by atomic mass is 9.82.